The molecule has 1 aliphatic rings. The van der Waals surface area contributed by atoms with E-state index in [9.17, 15) is 4.79 Å². The fraction of sp³-hybridized carbons (Fsp3) is 0.391. The van der Waals surface area contributed by atoms with Gasteiger partial charge in [0.2, 0.25) is 11.8 Å². The highest BCUT2D eigenvalue weighted by Crippen LogP contribution is 2.31. The van der Waals surface area contributed by atoms with Crippen molar-refractivity contribution < 1.29 is 9.53 Å². The maximum absolute atomic E-state index is 11.8. The Morgan fingerprint density at radius 2 is 1.89 bits per heavy atom. The van der Waals surface area contributed by atoms with Crippen LogP contribution in [0.5, 0.6) is 5.88 Å². The number of likely N-dealkylation sites (tertiary alicyclic amines) is 1. The minimum absolute atomic E-state index is 0.226. The Morgan fingerprint density at radius 1 is 1.11 bits per heavy atom. The third-order valence-corrected chi connectivity index (χ3v) is 5.74. The number of aryl methyl sites for hydroxylation is 2. The summed E-state index contributed by atoms with van der Waals surface area (Å²) in [4.78, 5) is 18.2. The van der Waals surface area contributed by atoms with Gasteiger partial charge >= 0.3 is 0 Å². The van der Waals surface area contributed by atoms with Gasteiger partial charge in [0.1, 0.15) is 12.1 Å². The van der Waals surface area contributed by atoms with Gasteiger partial charge in [-0.25, -0.2) is 4.98 Å². The van der Waals surface area contributed by atoms with Crippen LogP contribution in [0.1, 0.15) is 35.2 Å². The summed E-state index contributed by atoms with van der Waals surface area (Å²) in [7, 11) is 0. The van der Waals surface area contributed by atoms with Gasteiger partial charge in [0.25, 0.3) is 0 Å². The lowest BCUT2D eigenvalue weighted by Gasteiger charge is -2.16. The van der Waals surface area contributed by atoms with E-state index in [0.29, 0.717) is 25.5 Å². The molecule has 1 aromatic carbocycles. The topological polar surface area (TPSA) is 47.4 Å². The van der Waals surface area contributed by atoms with Crippen LogP contribution in [0.2, 0.25) is 0 Å². The smallest absolute Gasteiger partial charge is 0.238 e. The normalized spacial score (nSPS) is 14.2. The molecule has 146 valence electrons. The highest BCUT2D eigenvalue weighted by Gasteiger charge is 2.20. The van der Waals surface area contributed by atoms with Gasteiger partial charge in [0.05, 0.1) is 6.54 Å². The number of hydrogen-bond donors (Lipinski definition) is 0. The summed E-state index contributed by atoms with van der Waals surface area (Å²) in [5.41, 5.74) is 6.03. The molecule has 2 aromatic heterocycles. The van der Waals surface area contributed by atoms with E-state index in [1.807, 2.05) is 4.90 Å². The lowest BCUT2D eigenvalue weighted by atomic mass is 10.1. The molecule has 5 nitrogen and oxygen atoms in total. The summed E-state index contributed by atoms with van der Waals surface area (Å²) < 4.78 is 8.36. The van der Waals surface area contributed by atoms with Crippen LogP contribution in [0.4, 0.5) is 0 Å². The molecule has 0 N–H and O–H groups in total. The van der Waals surface area contributed by atoms with E-state index >= 15 is 0 Å². The second-order valence-corrected chi connectivity index (χ2v) is 7.63. The summed E-state index contributed by atoms with van der Waals surface area (Å²) in [6.45, 7) is 9.10. The zero-order valence-corrected chi connectivity index (χ0v) is 16.9. The average Bonchev–Trinajstić information content (AvgIpc) is 3.21. The molecule has 0 radical (unpaired) electrons. The van der Waals surface area contributed by atoms with Crippen LogP contribution in [-0.4, -0.2) is 40.1 Å². The zero-order chi connectivity index (χ0) is 19.7. The number of benzene rings is 1. The van der Waals surface area contributed by atoms with Gasteiger partial charge in [0.15, 0.2) is 0 Å². The number of ether oxygens (including phenoxy) is 1. The molecule has 1 amide bonds. The largest absolute Gasteiger partial charge is 0.474 e. The minimum Gasteiger partial charge on any atom is -0.474 e. The van der Waals surface area contributed by atoms with E-state index in [4.69, 9.17) is 4.74 Å². The summed E-state index contributed by atoms with van der Waals surface area (Å²) in [6, 6.07) is 10.7. The van der Waals surface area contributed by atoms with Gasteiger partial charge in [-0.1, -0.05) is 29.8 Å². The Labute approximate surface area is 165 Å². The molecular formula is C23H27N3O2. The molecule has 0 saturated carbocycles. The number of amides is 1. The number of fused-ring (bicyclic) bond motifs is 1. The Balaban J connectivity index is 1.62. The third-order valence-electron chi connectivity index (χ3n) is 5.74. The first kappa shape index (κ1) is 18.5. The Kier molecular flexibility index (Phi) is 5.07. The predicted molar refractivity (Wildman–Crippen MR) is 111 cm³/mol. The van der Waals surface area contributed by atoms with Crippen LogP contribution < -0.4 is 4.74 Å². The van der Waals surface area contributed by atoms with Crippen molar-refractivity contribution in [2.75, 3.05) is 19.7 Å². The van der Waals surface area contributed by atoms with Gasteiger partial charge in [-0.15, -0.1) is 0 Å². The molecule has 1 saturated heterocycles. The van der Waals surface area contributed by atoms with Gasteiger partial charge in [-0.2, -0.15) is 0 Å². The number of aromatic nitrogens is 2. The van der Waals surface area contributed by atoms with Crippen molar-refractivity contribution in [2.24, 2.45) is 0 Å². The number of carbonyl (C=O) groups excluding carboxylic acids is 1. The summed E-state index contributed by atoms with van der Waals surface area (Å²) >= 11 is 0. The van der Waals surface area contributed by atoms with Gasteiger partial charge in [0, 0.05) is 36.8 Å². The van der Waals surface area contributed by atoms with Crippen molar-refractivity contribution in [3.8, 4) is 5.88 Å². The molecule has 1 fully saturated rings. The number of pyridine rings is 1. The van der Waals surface area contributed by atoms with Crippen molar-refractivity contribution in [1.29, 1.82) is 0 Å². The molecule has 28 heavy (non-hydrogen) atoms. The highest BCUT2D eigenvalue weighted by atomic mass is 16.5. The van der Waals surface area contributed by atoms with Crippen molar-refractivity contribution in [1.82, 2.24) is 14.5 Å². The fourth-order valence-corrected chi connectivity index (χ4v) is 3.94. The maximum Gasteiger partial charge on any atom is 0.238 e. The molecular weight excluding hydrogens is 350 g/mol. The summed E-state index contributed by atoms with van der Waals surface area (Å²) in [5.74, 6) is 0.872. The molecule has 0 bridgehead atoms. The number of hydrogen-bond acceptors (Lipinski definition) is 3. The number of carbonyl (C=O) groups is 1. The molecule has 0 spiro atoms. The number of rotatable bonds is 6. The minimum atomic E-state index is 0.226. The quantitative estimate of drug-likeness (QED) is 0.652. The average molecular weight is 377 g/mol. The second-order valence-electron chi connectivity index (χ2n) is 7.63. The van der Waals surface area contributed by atoms with E-state index in [0.717, 1.165) is 25.0 Å². The van der Waals surface area contributed by atoms with Crippen LogP contribution in [0.3, 0.4) is 0 Å². The Hall–Kier alpha value is -2.82. The van der Waals surface area contributed by atoms with Crippen molar-refractivity contribution in [3.63, 3.8) is 0 Å². The molecule has 0 atom stereocenters. The maximum atomic E-state index is 11.8. The SMILES string of the molecule is Cc1ccc(Cn2c(C)c(C)c3ccnc(OCCN4CCCC4=O)c32)cc1. The first-order valence-corrected chi connectivity index (χ1v) is 9.95. The summed E-state index contributed by atoms with van der Waals surface area (Å²) in [6.07, 6.45) is 3.41. The van der Waals surface area contributed by atoms with Crippen molar-refractivity contribution >= 4 is 16.8 Å². The van der Waals surface area contributed by atoms with Crippen molar-refractivity contribution in [3.05, 3.63) is 58.9 Å². The molecule has 0 aliphatic carbocycles. The summed E-state index contributed by atoms with van der Waals surface area (Å²) in [5, 5.41) is 1.17. The van der Waals surface area contributed by atoms with Crippen molar-refractivity contribution in [2.45, 2.75) is 40.2 Å². The number of nitrogens with zero attached hydrogens (tertiary/aromatic N) is 3. The Morgan fingerprint density at radius 3 is 2.61 bits per heavy atom. The molecule has 4 rings (SSSR count). The lowest BCUT2D eigenvalue weighted by molar-refractivity contribution is -0.128. The standard InChI is InChI=1S/C23H27N3O2/c1-16-6-8-19(9-7-16)15-26-18(3)17(2)20-10-11-24-23(22(20)26)28-14-13-25-12-4-5-21(25)27/h6-11H,4-5,12-15H2,1-3H3. The molecule has 1 aliphatic heterocycles. The third kappa shape index (κ3) is 3.49. The lowest BCUT2D eigenvalue weighted by Crippen LogP contribution is -2.29. The monoisotopic (exact) mass is 377 g/mol. The highest BCUT2D eigenvalue weighted by molar-refractivity contribution is 5.89. The van der Waals surface area contributed by atoms with E-state index in [-0.39, 0.29) is 5.91 Å². The van der Waals surface area contributed by atoms with Crippen LogP contribution >= 0.6 is 0 Å². The van der Waals surface area contributed by atoms with Gasteiger partial charge in [-0.05, 0) is 44.4 Å². The van der Waals surface area contributed by atoms with Gasteiger partial charge in [-0.3, -0.25) is 4.79 Å². The van der Waals surface area contributed by atoms with Gasteiger partial charge < -0.3 is 14.2 Å². The molecule has 5 heteroatoms. The van der Waals surface area contributed by atoms with Crippen LogP contribution in [0.15, 0.2) is 36.5 Å². The zero-order valence-electron chi connectivity index (χ0n) is 16.9. The molecule has 3 aromatic rings. The fourth-order valence-electron chi connectivity index (χ4n) is 3.94. The van der Waals surface area contributed by atoms with E-state index in [2.05, 4.69) is 60.7 Å². The first-order chi connectivity index (χ1) is 13.5. The van der Waals surface area contributed by atoms with E-state index in [1.165, 1.54) is 27.8 Å². The van der Waals surface area contributed by atoms with Crippen LogP contribution in [0.25, 0.3) is 10.9 Å². The first-order valence-electron chi connectivity index (χ1n) is 9.95. The van der Waals surface area contributed by atoms with Crippen LogP contribution in [-0.2, 0) is 11.3 Å². The molecule has 3 heterocycles. The van der Waals surface area contributed by atoms with E-state index in [1.54, 1.807) is 6.20 Å². The Bertz CT molecular complexity index is 1000. The van der Waals surface area contributed by atoms with Crippen LogP contribution in [0, 0.1) is 20.8 Å². The van der Waals surface area contributed by atoms with E-state index < -0.39 is 0 Å². The predicted octanol–water partition coefficient (Wildman–Crippen LogP) is 4.01. The molecule has 0 unspecified atom stereocenters. The second kappa shape index (κ2) is 7.66.